The molecule has 0 radical (unpaired) electrons. The van der Waals surface area contributed by atoms with Gasteiger partial charge in [0.05, 0.1) is 5.69 Å². The van der Waals surface area contributed by atoms with E-state index in [2.05, 4.69) is 10.3 Å². The van der Waals surface area contributed by atoms with E-state index >= 15 is 0 Å². The molecule has 0 aliphatic carbocycles. The molecule has 0 saturated carbocycles. The van der Waals surface area contributed by atoms with E-state index in [4.69, 9.17) is 5.26 Å². The Morgan fingerprint density at radius 2 is 2.11 bits per heavy atom. The lowest BCUT2D eigenvalue weighted by atomic mass is 10.2. The van der Waals surface area contributed by atoms with Crippen LogP contribution in [0.15, 0.2) is 36.5 Å². The maximum absolute atomic E-state index is 13.4. The van der Waals surface area contributed by atoms with Gasteiger partial charge in [-0.2, -0.15) is 5.26 Å². The van der Waals surface area contributed by atoms with Gasteiger partial charge in [-0.3, -0.25) is 0 Å². The molecule has 0 unspecified atom stereocenters. The number of aromatic nitrogens is 1. The summed E-state index contributed by atoms with van der Waals surface area (Å²) >= 11 is 0. The third-order valence-corrected chi connectivity index (χ3v) is 2.39. The van der Waals surface area contributed by atoms with E-state index in [-0.39, 0.29) is 17.8 Å². The fourth-order valence-corrected chi connectivity index (χ4v) is 1.51. The van der Waals surface area contributed by atoms with Gasteiger partial charge >= 0.3 is 0 Å². The summed E-state index contributed by atoms with van der Waals surface area (Å²) < 4.78 is 26.3. The van der Waals surface area contributed by atoms with Gasteiger partial charge < -0.3 is 5.32 Å². The number of rotatable bonds is 3. The first-order valence-electron chi connectivity index (χ1n) is 5.23. The van der Waals surface area contributed by atoms with E-state index in [9.17, 15) is 8.78 Å². The maximum atomic E-state index is 13.4. The van der Waals surface area contributed by atoms with E-state index in [0.717, 1.165) is 18.2 Å². The van der Waals surface area contributed by atoms with Gasteiger partial charge in [-0.25, -0.2) is 13.8 Å². The molecule has 1 aromatic heterocycles. The number of hydrogen-bond acceptors (Lipinski definition) is 3. The zero-order chi connectivity index (χ0) is 13.0. The molecule has 3 nitrogen and oxygen atoms in total. The van der Waals surface area contributed by atoms with Crippen molar-refractivity contribution < 1.29 is 8.78 Å². The van der Waals surface area contributed by atoms with Crippen LogP contribution in [0.25, 0.3) is 0 Å². The minimum Gasteiger partial charge on any atom is -0.379 e. The predicted molar refractivity (Wildman–Crippen MR) is 62.6 cm³/mol. The molecule has 0 fully saturated rings. The molecular formula is C13H9F2N3. The molecule has 1 N–H and O–H groups in total. The molecule has 1 aromatic carbocycles. The number of benzene rings is 1. The Balaban J connectivity index is 2.17. The number of anilines is 1. The van der Waals surface area contributed by atoms with Crippen molar-refractivity contribution in [3.63, 3.8) is 0 Å². The lowest BCUT2D eigenvalue weighted by Gasteiger charge is -2.08. The van der Waals surface area contributed by atoms with E-state index in [0.29, 0.717) is 5.69 Å². The van der Waals surface area contributed by atoms with E-state index < -0.39 is 11.6 Å². The molecule has 0 atom stereocenters. The highest BCUT2D eigenvalue weighted by atomic mass is 19.1. The molecule has 2 rings (SSSR count). The summed E-state index contributed by atoms with van der Waals surface area (Å²) in [5, 5.41) is 11.7. The van der Waals surface area contributed by atoms with Gasteiger partial charge in [0.2, 0.25) is 0 Å². The van der Waals surface area contributed by atoms with Crippen molar-refractivity contribution in [3.05, 3.63) is 59.4 Å². The molecule has 0 bridgehead atoms. The molecule has 1 heterocycles. The van der Waals surface area contributed by atoms with Crippen LogP contribution in [0.1, 0.15) is 11.3 Å². The van der Waals surface area contributed by atoms with Crippen LogP contribution in [-0.2, 0) is 6.54 Å². The molecule has 2 aromatic rings. The monoisotopic (exact) mass is 245 g/mol. The highest BCUT2D eigenvalue weighted by Gasteiger charge is 2.06. The highest BCUT2D eigenvalue weighted by molar-refractivity contribution is 5.53. The second-order valence-electron chi connectivity index (χ2n) is 3.60. The Bertz CT molecular complexity index is 605. The summed E-state index contributed by atoms with van der Waals surface area (Å²) in [4.78, 5) is 3.86. The Morgan fingerprint density at radius 1 is 1.28 bits per heavy atom. The minimum absolute atomic E-state index is 0.0873. The predicted octanol–water partition coefficient (Wildman–Crippen LogP) is 2.84. The van der Waals surface area contributed by atoms with Crippen molar-refractivity contribution in [2.75, 3.05) is 5.32 Å². The Kier molecular flexibility index (Phi) is 3.49. The molecule has 0 aliphatic rings. The van der Waals surface area contributed by atoms with E-state index in [1.807, 2.05) is 6.07 Å². The van der Waals surface area contributed by atoms with Crippen LogP contribution < -0.4 is 5.32 Å². The van der Waals surface area contributed by atoms with Gasteiger partial charge in [0.1, 0.15) is 17.7 Å². The quantitative estimate of drug-likeness (QED) is 0.904. The third-order valence-electron chi connectivity index (χ3n) is 2.39. The van der Waals surface area contributed by atoms with Crippen molar-refractivity contribution in [2.45, 2.75) is 6.54 Å². The third kappa shape index (κ3) is 2.61. The lowest BCUT2D eigenvalue weighted by Crippen LogP contribution is -2.04. The van der Waals surface area contributed by atoms with Crippen molar-refractivity contribution in [1.29, 1.82) is 5.26 Å². The van der Waals surface area contributed by atoms with Crippen molar-refractivity contribution in [3.8, 4) is 6.07 Å². The first-order chi connectivity index (χ1) is 8.70. The van der Waals surface area contributed by atoms with Crippen LogP contribution in [0.3, 0.4) is 0 Å². The van der Waals surface area contributed by atoms with E-state index in [1.54, 1.807) is 12.1 Å². The number of hydrogen-bond donors (Lipinski definition) is 1. The highest BCUT2D eigenvalue weighted by Crippen LogP contribution is 2.15. The molecule has 5 heteroatoms. The van der Waals surface area contributed by atoms with Crippen LogP contribution >= 0.6 is 0 Å². The van der Waals surface area contributed by atoms with Crippen molar-refractivity contribution >= 4 is 5.69 Å². The summed E-state index contributed by atoms with van der Waals surface area (Å²) in [7, 11) is 0. The van der Waals surface area contributed by atoms with Crippen LogP contribution in [0.5, 0.6) is 0 Å². The first-order valence-corrected chi connectivity index (χ1v) is 5.23. The summed E-state index contributed by atoms with van der Waals surface area (Å²) in [6, 6.07) is 8.47. The van der Waals surface area contributed by atoms with E-state index in [1.165, 1.54) is 6.20 Å². The average molecular weight is 245 g/mol. The second kappa shape index (κ2) is 5.23. The summed E-state index contributed by atoms with van der Waals surface area (Å²) in [5.74, 6) is -0.994. The summed E-state index contributed by atoms with van der Waals surface area (Å²) in [5.41, 5.74) is 0.903. The van der Waals surface area contributed by atoms with Gasteiger partial charge in [0.25, 0.3) is 0 Å². The number of nitriles is 1. The van der Waals surface area contributed by atoms with Crippen molar-refractivity contribution in [2.24, 2.45) is 0 Å². The standard InChI is InChI=1S/C13H9F2N3/c14-10-3-4-11(15)9(6-10)8-18-12-2-1-5-17-13(12)7-16/h1-6,18H,8H2. The zero-order valence-corrected chi connectivity index (χ0v) is 9.32. The molecule has 90 valence electrons. The second-order valence-corrected chi connectivity index (χ2v) is 3.60. The normalized spacial score (nSPS) is 9.83. The molecule has 0 spiro atoms. The van der Waals surface area contributed by atoms with Crippen LogP contribution in [0, 0.1) is 23.0 Å². The average Bonchev–Trinajstić information content (AvgIpc) is 2.40. The fourth-order valence-electron chi connectivity index (χ4n) is 1.51. The van der Waals surface area contributed by atoms with Crippen LogP contribution in [-0.4, -0.2) is 4.98 Å². The number of nitrogens with one attached hydrogen (secondary N) is 1. The minimum atomic E-state index is -0.500. The molecule has 0 amide bonds. The first kappa shape index (κ1) is 12.0. The summed E-state index contributed by atoms with van der Waals surface area (Å²) in [6.07, 6.45) is 1.49. The molecule has 0 saturated heterocycles. The molecular weight excluding hydrogens is 236 g/mol. The summed E-state index contributed by atoms with van der Waals surface area (Å²) in [6.45, 7) is 0.0873. The number of halogens is 2. The largest absolute Gasteiger partial charge is 0.379 e. The zero-order valence-electron chi connectivity index (χ0n) is 9.32. The Labute approximate surface area is 103 Å². The van der Waals surface area contributed by atoms with Crippen molar-refractivity contribution in [1.82, 2.24) is 4.98 Å². The van der Waals surface area contributed by atoms with Gasteiger partial charge in [-0.05, 0) is 30.3 Å². The molecule has 18 heavy (non-hydrogen) atoms. The van der Waals surface area contributed by atoms with Gasteiger partial charge in [-0.15, -0.1) is 0 Å². The molecule has 0 aliphatic heterocycles. The SMILES string of the molecule is N#Cc1ncccc1NCc1cc(F)ccc1F. The fraction of sp³-hybridized carbons (Fsp3) is 0.0769. The lowest BCUT2D eigenvalue weighted by molar-refractivity contribution is 0.587. The van der Waals surface area contributed by atoms with Crippen LogP contribution in [0.2, 0.25) is 0 Å². The van der Waals surface area contributed by atoms with Crippen LogP contribution in [0.4, 0.5) is 14.5 Å². The Hall–Kier alpha value is -2.48. The van der Waals surface area contributed by atoms with Gasteiger partial charge in [-0.1, -0.05) is 0 Å². The number of nitrogens with zero attached hydrogens (tertiary/aromatic N) is 2. The maximum Gasteiger partial charge on any atom is 0.163 e. The number of pyridine rings is 1. The topological polar surface area (TPSA) is 48.7 Å². The van der Waals surface area contributed by atoms with Gasteiger partial charge in [0, 0.05) is 18.3 Å². The smallest absolute Gasteiger partial charge is 0.163 e. The van der Waals surface area contributed by atoms with Gasteiger partial charge in [0.15, 0.2) is 5.69 Å². The Morgan fingerprint density at radius 3 is 2.89 bits per heavy atom.